The number of hydrogen-bond donors (Lipinski definition) is 4. The molecule has 1 heterocycles. The van der Waals surface area contributed by atoms with Crippen LogP contribution in [0.25, 0.3) is 0 Å². The molecule has 6 heteroatoms. The highest BCUT2D eigenvalue weighted by Gasteiger charge is 2.36. The van der Waals surface area contributed by atoms with Crippen molar-refractivity contribution in [3.05, 3.63) is 12.2 Å². The lowest BCUT2D eigenvalue weighted by Gasteiger charge is -2.17. The van der Waals surface area contributed by atoms with Gasteiger partial charge < -0.3 is 25.2 Å². The molecule has 1 fully saturated rings. The number of carboxylic acid groups (broad SMARTS) is 1. The van der Waals surface area contributed by atoms with Crippen LogP contribution in [0.4, 0.5) is 0 Å². The van der Waals surface area contributed by atoms with Gasteiger partial charge in [-0.3, -0.25) is 4.79 Å². The van der Waals surface area contributed by atoms with Crippen LogP contribution in [0.5, 0.6) is 0 Å². The molecule has 6 nitrogen and oxygen atoms in total. The zero-order valence-corrected chi connectivity index (χ0v) is 14.5. The molecular formula is C18H32O6. The van der Waals surface area contributed by atoms with Gasteiger partial charge in [-0.25, -0.2) is 0 Å². The van der Waals surface area contributed by atoms with E-state index >= 15 is 0 Å². The monoisotopic (exact) mass is 344 g/mol. The van der Waals surface area contributed by atoms with Crippen LogP contribution in [0.1, 0.15) is 64.7 Å². The van der Waals surface area contributed by atoms with Crippen molar-refractivity contribution in [2.45, 2.75) is 95.2 Å². The second-order valence-corrected chi connectivity index (χ2v) is 6.57. The first-order chi connectivity index (χ1) is 11.4. The second kappa shape index (κ2) is 11.6. The molecule has 0 aromatic heterocycles. The summed E-state index contributed by atoms with van der Waals surface area (Å²) < 4.78 is 5.75. The van der Waals surface area contributed by atoms with Gasteiger partial charge in [0.05, 0.1) is 30.5 Å². The molecule has 1 aliphatic rings. The third-order valence-corrected chi connectivity index (χ3v) is 4.46. The normalized spacial score (nSPS) is 26.8. The van der Waals surface area contributed by atoms with Crippen molar-refractivity contribution >= 4 is 5.97 Å². The van der Waals surface area contributed by atoms with E-state index in [0.717, 1.165) is 32.1 Å². The second-order valence-electron chi connectivity index (χ2n) is 6.57. The summed E-state index contributed by atoms with van der Waals surface area (Å²) in [4.78, 5) is 10.4. The van der Waals surface area contributed by atoms with Gasteiger partial charge in [0.25, 0.3) is 0 Å². The van der Waals surface area contributed by atoms with Crippen molar-refractivity contribution in [2.24, 2.45) is 0 Å². The van der Waals surface area contributed by atoms with Crippen LogP contribution in [0, 0.1) is 0 Å². The average Bonchev–Trinajstić information content (AvgIpc) is 2.92. The summed E-state index contributed by atoms with van der Waals surface area (Å²) in [5.41, 5.74) is 0. The van der Waals surface area contributed by atoms with Gasteiger partial charge in [-0.05, 0) is 19.3 Å². The first kappa shape index (κ1) is 21.1. The highest BCUT2D eigenvalue weighted by atomic mass is 16.5. The van der Waals surface area contributed by atoms with Gasteiger partial charge >= 0.3 is 5.97 Å². The van der Waals surface area contributed by atoms with Crippen molar-refractivity contribution in [3.63, 3.8) is 0 Å². The Morgan fingerprint density at radius 3 is 2.50 bits per heavy atom. The predicted molar refractivity (Wildman–Crippen MR) is 90.7 cm³/mol. The number of aliphatic carboxylic acids is 1. The van der Waals surface area contributed by atoms with Crippen molar-refractivity contribution in [1.29, 1.82) is 0 Å². The minimum atomic E-state index is -0.818. The van der Waals surface area contributed by atoms with Gasteiger partial charge in [-0.2, -0.15) is 0 Å². The molecular weight excluding hydrogens is 312 g/mol. The van der Waals surface area contributed by atoms with Crippen LogP contribution in [0.2, 0.25) is 0 Å². The minimum absolute atomic E-state index is 0.226. The van der Waals surface area contributed by atoms with Gasteiger partial charge in [-0.1, -0.05) is 44.8 Å². The van der Waals surface area contributed by atoms with E-state index in [1.165, 1.54) is 6.08 Å². The van der Waals surface area contributed by atoms with E-state index in [-0.39, 0.29) is 12.5 Å². The summed E-state index contributed by atoms with van der Waals surface area (Å²) in [5, 5.41) is 38.1. The molecule has 1 rings (SSSR count). The standard InChI is InChI=1S/C18H32O6/c1-2-13(19)10-11-14(20)17-12-15(21)16(24-17)8-6-4-3-5-7-9-18(22)23/h10-11,13-17,19-21H,2-9,12H2,1H3,(H,22,23)/b11-10+/t13-,14-,15-,16-,17+/m0/s1. The van der Waals surface area contributed by atoms with Crippen molar-refractivity contribution in [1.82, 2.24) is 0 Å². The van der Waals surface area contributed by atoms with Crippen molar-refractivity contribution in [3.8, 4) is 0 Å². The number of carbonyl (C=O) groups is 1. The molecule has 5 atom stereocenters. The van der Waals surface area contributed by atoms with Gasteiger partial charge in [0.15, 0.2) is 0 Å². The van der Waals surface area contributed by atoms with Gasteiger partial charge in [-0.15, -0.1) is 0 Å². The summed E-state index contributed by atoms with van der Waals surface area (Å²) in [6.45, 7) is 1.86. The SMILES string of the molecule is CC[C@H](O)/C=C/[C@H](O)[C@H]1C[C@H](O)[C@H](CCCCCCCC(=O)O)O1. The molecule has 0 saturated carbocycles. The molecule has 0 unspecified atom stereocenters. The summed E-state index contributed by atoms with van der Waals surface area (Å²) >= 11 is 0. The van der Waals surface area contributed by atoms with Gasteiger partial charge in [0, 0.05) is 12.8 Å². The molecule has 1 saturated heterocycles. The fourth-order valence-electron chi connectivity index (χ4n) is 2.90. The molecule has 0 aliphatic carbocycles. The van der Waals surface area contributed by atoms with E-state index in [1.807, 2.05) is 6.92 Å². The van der Waals surface area contributed by atoms with Crippen LogP contribution in [0.3, 0.4) is 0 Å². The molecule has 24 heavy (non-hydrogen) atoms. The Morgan fingerprint density at radius 2 is 1.83 bits per heavy atom. The molecule has 140 valence electrons. The summed E-state index contributed by atoms with van der Waals surface area (Å²) in [6, 6.07) is 0. The molecule has 0 radical (unpaired) electrons. The maximum atomic E-state index is 10.4. The number of aliphatic hydroxyl groups excluding tert-OH is 3. The first-order valence-corrected chi connectivity index (χ1v) is 9.03. The molecule has 0 aromatic carbocycles. The number of carboxylic acids is 1. The average molecular weight is 344 g/mol. The third-order valence-electron chi connectivity index (χ3n) is 4.46. The number of unbranched alkanes of at least 4 members (excludes halogenated alkanes) is 4. The number of aliphatic hydroxyl groups is 3. The number of rotatable bonds is 12. The Kier molecular flexibility index (Phi) is 10.2. The number of hydrogen-bond acceptors (Lipinski definition) is 5. The largest absolute Gasteiger partial charge is 0.481 e. The minimum Gasteiger partial charge on any atom is -0.481 e. The zero-order valence-electron chi connectivity index (χ0n) is 14.5. The van der Waals surface area contributed by atoms with Crippen LogP contribution in [0.15, 0.2) is 12.2 Å². The quantitative estimate of drug-likeness (QED) is 0.319. The molecule has 1 aliphatic heterocycles. The lowest BCUT2D eigenvalue weighted by molar-refractivity contribution is -0.137. The van der Waals surface area contributed by atoms with Gasteiger partial charge in [0.1, 0.15) is 0 Å². The number of ether oxygens (including phenoxy) is 1. The smallest absolute Gasteiger partial charge is 0.303 e. The lowest BCUT2D eigenvalue weighted by atomic mass is 10.0. The van der Waals surface area contributed by atoms with E-state index in [4.69, 9.17) is 9.84 Å². The fourth-order valence-corrected chi connectivity index (χ4v) is 2.90. The molecule has 0 bridgehead atoms. The Morgan fingerprint density at radius 1 is 1.17 bits per heavy atom. The van der Waals surface area contributed by atoms with E-state index in [1.54, 1.807) is 6.08 Å². The molecule has 0 amide bonds. The summed E-state index contributed by atoms with van der Waals surface area (Å²) in [7, 11) is 0. The Balaban J connectivity index is 2.19. The fraction of sp³-hybridized carbons (Fsp3) is 0.833. The van der Waals surface area contributed by atoms with Crippen molar-refractivity contribution < 1.29 is 30.0 Å². The Hall–Kier alpha value is -0.950. The van der Waals surface area contributed by atoms with E-state index in [2.05, 4.69) is 0 Å². The predicted octanol–water partition coefficient (Wildman–Crippen LogP) is 2.01. The summed E-state index contributed by atoms with van der Waals surface area (Å²) in [5.74, 6) is -0.748. The van der Waals surface area contributed by atoms with Gasteiger partial charge in [0.2, 0.25) is 0 Å². The molecule has 4 N–H and O–H groups in total. The van der Waals surface area contributed by atoms with Crippen LogP contribution >= 0.6 is 0 Å². The molecule has 0 spiro atoms. The highest BCUT2D eigenvalue weighted by Crippen LogP contribution is 2.27. The zero-order chi connectivity index (χ0) is 17.9. The maximum absolute atomic E-state index is 10.4. The highest BCUT2D eigenvalue weighted by molar-refractivity contribution is 5.66. The van der Waals surface area contributed by atoms with Crippen LogP contribution < -0.4 is 0 Å². The Bertz CT molecular complexity index is 384. The van der Waals surface area contributed by atoms with E-state index < -0.39 is 30.4 Å². The van der Waals surface area contributed by atoms with E-state index in [9.17, 15) is 20.1 Å². The first-order valence-electron chi connectivity index (χ1n) is 9.03. The van der Waals surface area contributed by atoms with Crippen LogP contribution in [-0.2, 0) is 9.53 Å². The summed E-state index contributed by atoms with van der Waals surface area (Å²) in [6.07, 6.45) is 6.93. The van der Waals surface area contributed by atoms with E-state index in [0.29, 0.717) is 19.3 Å². The third kappa shape index (κ3) is 8.24. The maximum Gasteiger partial charge on any atom is 0.303 e. The van der Waals surface area contributed by atoms with Crippen molar-refractivity contribution in [2.75, 3.05) is 0 Å². The van der Waals surface area contributed by atoms with Crippen LogP contribution in [-0.4, -0.2) is 56.9 Å². The lowest BCUT2D eigenvalue weighted by Crippen LogP contribution is -2.25. The topological polar surface area (TPSA) is 107 Å². The molecule has 0 aromatic rings. The Labute approximate surface area is 144 Å².